The predicted molar refractivity (Wildman–Crippen MR) is 87.6 cm³/mol. The smallest absolute Gasteiger partial charge is 0.408 e. The third-order valence-electron chi connectivity index (χ3n) is 3.42. The average Bonchev–Trinajstić information content (AvgIpc) is 2.84. The Morgan fingerprint density at radius 2 is 2.14 bits per heavy atom. The zero-order chi connectivity index (χ0) is 14.8. The average molecular weight is 347 g/mol. The number of fused-ring (bicyclic) bond motifs is 1. The molecule has 5 heteroatoms. The highest BCUT2D eigenvalue weighted by Crippen LogP contribution is 2.26. The van der Waals surface area contributed by atoms with Crippen molar-refractivity contribution in [1.82, 2.24) is 4.98 Å². The van der Waals surface area contributed by atoms with Gasteiger partial charge in [0.1, 0.15) is 0 Å². The number of anilines is 1. The Hall–Kier alpha value is -2.01. The molecule has 1 unspecified atom stereocenters. The standard InChI is InChI=1S/C16H15BrN2O2/c1-2-13(10-4-3-5-11(17)8-10)18-12-6-7-15-14(9-12)19-16(20)21-15/h3-9,13,18H,2H2,1H3,(H,19,20). The first kappa shape index (κ1) is 13.9. The van der Waals surface area contributed by atoms with E-state index in [-0.39, 0.29) is 6.04 Å². The minimum Gasteiger partial charge on any atom is -0.408 e. The zero-order valence-electron chi connectivity index (χ0n) is 11.5. The molecule has 0 spiro atoms. The lowest BCUT2D eigenvalue weighted by molar-refractivity contribution is 0.555. The molecule has 0 amide bonds. The number of aromatic amines is 1. The van der Waals surface area contributed by atoms with Crippen molar-refractivity contribution in [2.75, 3.05) is 5.32 Å². The van der Waals surface area contributed by atoms with E-state index in [0.717, 1.165) is 16.6 Å². The Morgan fingerprint density at radius 3 is 2.90 bits per heavy atom. The summed E-state index contributed by atoms with van der Waals surface area (Å²) in [7, 11) is 0. The van der Waals surface area contributed by atoms with E-state index in [1.807, 2.05) is 24.3 Å². The van der Waals surface area contributed by atoms with Crippen molar-refractivity contribution in [2.24, 2.45) is 0 Å². The third kappa shape index (κ3) is 3.03. The highest BCUT2D eigenvalue weighted by molar-refractivity contribution is 9.10. The highest BCUT2D eigenvalue weighted by atomic mass is 79.9. The molecule has 3 rings (SSSR count). The Kier molecular flexibility index (Phi) is 3.84. The summed E-state index contributed by atoms with van der Waals surface area (Å²) in [5.41, 5.74) is 3.44. The van der Waals surface area contributed by atoms with Crippen LogP contribution >= 0.6 is 15.9 Å². The fraction of sp³-hybridized carbons (Fsp3) is 0.188. The fourth-order valence-electron chi connectivity index (χ4n) is 2.39. The number of aromatic nitrogens is 1. The minimum absolute atomic E-state index is 0.207. The van der Waals surface area contributed by atoms with Crippen LogP contribution in [-0.4, -0.2) is 4.98 Å². The van der Waals surface area contributed by atoms with Crippen LogP contribution in [0.1, 0.15) is 24.9 Å². The molecule has 2 aromatic carbocycles. The highest BCUT2D eigenvalue weighted by Gasteiger charge is 2.10. The van der Waals surface area contributed by atoms with E-state index in [4.69, 9.17) is 4.42 Å². The molecule has 0 fully saturated rings. The van der Waals surface area contributed by atoms with Crippen molar-refractivity contribution in [1.29, 1.82) is 0 Å². The molecule has 0 bridgehead atoms. The van der Waals surface area contributed by atoms with Gasteiger partial charge in [-0.15, -0.1) is 0 Å². The second-order valence-electron chi connectivity index (χ2n) is 4.89. The number of rotatable bonds is 4. The van der Waals surface area contributed by atoms with Crippen LogP contribution in [0.5, 0.6) is 0 Å². The van der Waals surface area contributed by atoms with E-state index in [1.165, 1.54) is 5.56 Å². The van der Waals surface area contributed by atoms with Crippen LogP contribution < -0.4 is 11.1 Å². The quantitative estimate of drug-likeness (QED) is 0.733. The van der Waals surface area contributed by atoms with E-state index in [9.17, 15) is 4.79 Å². The van der Waals surface area contributed by atoms with Crippen molar-refractivity contribution in [3.63, 3.8) is 0 Å². The lowest BCUT2D eigenvalue weighted by Crippen LogP contribution is -2.09. The summed E-state index contributed by atoms with van der Waals surface area (Å²) in [4.78, 5) is 13.9. The molecular formula is C16H15BrN2O2. The first-order valence-electron chi connectivity index (χ1n) is 6.80. The largest absolute Gasteiger partial charge is 0.417 e. The molecule has 1 aromatic heterocycles. The number of oxazole rings is 1. The van der Waals surface area contributed by atoms with Gasteiger partial charge in [-0.25, -0.2) is 4.79 Å². The van der Waals surface area contributed by atoms with Gasteiger partial charge in [-0.05, 0) is 42.3 Å². The normalized spacial score (nSPS) is 12.5. The maximum Gasteiger partial charge on any atom is 0.417 e. The molecule has 3 aromatic rings. The van der Waals surface area contributed by atoms with Gasteiger partial charge in [-0.3, -0.25) is 4.98 Å². The minimum atomic E-state index is -0.429. The van der Waals surface area contributed by atoms with Gasteiger partial charge in [-0.2, -0.15) is 0 Å². The Balaban J connectivity index is 1.89. The van der Waals surface area contributed by atoms with Crippen molar-refractivity contribution in [3.05, 3.63) is 63.1 Å². The molecule has 4 nitrogen and oxygen atoms in total. The molecule has 2 N–H and O–H groups in total. The van der Waals surface area contributed by atoms with Gasteiger partial charge in [0, 0.05) is 10.2 Å². The van der Waals surface area contributed by atoms with Crippen LogP contribution in [0.3, 0.4) is 0 Å². The number of hydrogen-bond donors (Lipinski definition) is 2. The van der Waals surface area contributed by atoms with Crippen LogP contribution in [-0.2, 0) is 0 Å². The van der Waals surface area contributed by atoms with E-state index in [1.54, 1.807) is 6.07 Å². The summed E-state index contributed by atoms with van der Waals surface area (Å²) in [6, 6.07) is 14.1. The van der Waals surface area contributed by atoms with Gasteiger partial charge >= 0.3 is 5.76 Å². The zero-order valence-corrected chi connectivity index (χ0v) is 13.1. The van der Waals surface area contributed by atoms with E-state index < -0.39 is 5.76 Å². The summed E-state index contributed by atoms with van der Waals surface area (Å²) in [6.07, 6.45) is 0.955. The maximum atomic E-state index is 11.2. The van der Waals surface area contributed by atoms with Gasteiger partial charge in [0.2, 0.25) is 0 Å². The third-order valence-corrected chi connectivity index (χ3v) is 3.91. The van der Waals surface area contributed by atoms with Gasteiger partial charge in [-0.1, -0.05) is 35.0 Å². The lowest BCUT2D eigenvalue weighted by atomic mass is 10.0. The molecule has 1 heterocycles. The van der Waals surface area contributed by atoms with Gasteiger partial charge in [0.25, 0.3) is 0 Å². The number of halogens is 1. The van der Waals surface area contributed by atoms with Crippen molar-refractivity contribution in [3.8, 4) is 0 Å². The second kappa shape index (κ2) is 5.77. The van der Waals surface area contributed by atoms with Crippen LogP contribution in [0.25, 0.3) is 11.1 Å². The number of benzene rings is 2. The maximum absolute atomic E-state index is 11.2. The van der Waals surface area contributed by atoms with Crippen LogP contribution in [0.15, 0.2) is 56.1 Å². The molecule has 0 saturated heterocycles. The fourth-order valence-corrected chi connectivity index (χ4v) is 2.80. The van der Waals surface area contributed by atoms with Gasteiger partial charge < -0.3 is 9.73 Å². The topological polar surface area (TPSA) is 58.0 Å². The van der Waals surface area contributed by atoms with Crippen molar-refractivity contribution >= 4 is 32.7 Å². The van der Waals surface area contributed by atoms with E-state index >= 15 is 0 Å². The Labute approximate surface area is 130 Å². The van der Waals surface area contributed by atoms with Crippen LogP contribution in [0.4, 0.5) is 5.69 Å². The van der Waals surface area contributed by atoms with Gasteiger partial charge in [0.15, 0.2) is 5.58 Å². The van der Waals surface area contributed by atoms with E-state index in [2.05, 4.69) is 45.3 Å². The summed E-state index contributed by atoms with van der Waals surface area (Å²) >= 11 is 3.50. The number of nitrogens with one attached hydrogen (secondary N) is 2. The summed E-state index contributed by atoms with van der Waals surface area (Å²) in [5, 5.41) is 3.49. The number of hydrogen-bond acceptors (Lipinski definition) is 3. The van der Waals surface area contributed by atoms with E-state index in [0.29, 0.717) is 11.1 Å². The SMILES string of the molecule is CCC(Nc1ccc2oc(=O)[nH]c2c1)c1cccc(Br)c1. The monoisotopic (exact) mass is 346 g/mol. The molecule has 1 atom stereocenters. The molecule has 0 aliphatic heterocycles. The molecule has 0 aliphatic rings. The molecule has 21 heavy (non-hydrogen) atoms. The molecule has 108 valence electrons. The number of H-pyrrole nitrogens is 1. The van der Waals surface area contributed by atoms with Crippen LogP contribution in [0.2, 0.25) is 0 Å². The first-order valence-corrected chi connectivity index (χ1v) is 7.60. The Bertz CT molecular complexity index is 822. The van der Waals surface area contributed by atoms with Crippen molar-refractivity contribution < 1.29 is 4.42 Å². The molecular weight excluding hydrogens is 332 g/mol. The summed E-state index contributed by atoms with van der Waals surface area (Å²) < 4.78 is 6.07. The second-order valence-corrected chi connectivity index (χ2v) is 5.80. The molecule has 0 aliphatic carbocycles. The Morgan fingerprint density at radius 1 is 1.29 bits per heavy atom. The summed E-state index contributed by atoms with van der Waals surface area (Å²) in [5.74, 6) is -0.429. The van der Waals surface area contributed by atoms with Crippen molar-refractivity contribution in [2.45, 2.75) is 19.4 Å². The molecule has 0 saturated carbocycles. The predicted octanol–water partition coefficient (Wildman–Crippen LogP) is 4.45. The van der Waals surface area contributed by atoms with Gasteiger partial charge in [0.05, 0.1) is 11.6 Å². The molecule has 0 radical (unpaired) electrons. The first-order chi connectivity index (χ1) is 10.2. The van der Waals surface area contributed by atoms with Crippen LogP contribution in [0, 0.1) is 0 Å². The summed E-state index contributed by atoms with van der Waals surface area (Å²) in [6.45, 7) is 2.14. The lowest BCUT2D eigenvalue weighted by Gasteiger charge is -2.19.